The van der Waals surface area contributed by atoms with E-state index in [4.69, 9.17) is 9.47 Å². The number of imide groups is 1. The SMILES string of the molecule is COc1ccc(C(=O)COC(=O)c2ccc(N3C(=O)C4C5C=C(C)C(C5)C4C3=O)cc2)cc1. The minimum Gasteiger partial charge on any atom is -0.497 e. The summed E-state index contributed by atoms with van der Waals surface area (Å²) in [5.41, 5.74) is 2.29. The quantitative estimate of drug-likeness (QED) is 0.293. The molecule has 168 valence electrons. The number of benzene rings is 2. The van der Waals surface area contributed by atoms with Crippen molar-refractivity contribution in [1.82, 2.24) is 0 Å². The summed E-state index contributed by atoms with van der Waals surface area (Å²) in [5.74, 6) is -0.953. The highest BCUT2D eigenvalue weighted by Crippen LogP contribution is 2.55. The Kier molecular flexibility index (Phi) is 5.12. The Morgan fingerprint density at radius 1 is 0.939 bits per heavy atom. The van der Waals surface area contributed by atoms with Crippen LogP contribution in [0.5, 0.6) is 5.75 Å². The molecule has 2 aromatic rings. The first-order valence-corrected chi connectivity index (χ1v) is 10.9. The van der Waals surface area contributed by atoms with E-state index in [0.717, 1.165) is 6.42 Å². The van der Waals surface area contributed by atoms with Crippen LogP contribution in [0.25, 0.3) is 0 Å². The molecule has 1 aliphatic heterocycles. The molecule has 33 heavy (non-hydrogen) atoms. The van der Waals surface area contributed by atoms with Gasteiger partial charge >= 0.3 is 5.97 Å². The first-order chi connectivity index (χ1) is 15.9. The molecule has 4 unspecified atom stereocenters. The zero-order valence-electron chi connectivity index (χ0n) is 18.3. The second-order valence-electron chi connectivity index (χ2n) is 8.75. The summed E-state index contributed by atoms with van der Waals surface area (Å²) in [6.07, 6.45) is 3.01. The van der Waals surface area contributed by atoms with Crippen molar-refractivity contribution in [3.8, 4) is 5.75 Å². The van der Waals surface area contributed by atoms with Crippen LogP contribution in [0.3, 0.4) is 0 Å². The normalized spacial score (nSPS) is 25.2. The number of Topliss-reactive ketones (excluding diaryl/α,β-unsaturated/α-hetero) is 1. The van der Waals surface area contributed by atoms with E-state index in [1.807, 2.05) is 6.92 Å². The van der Waals surface area contributed by atoms with Crippen molar-refractivity contribution in [3.05, 3.63) is 71.3 Å². The molecule has 0 radical (unpaired) electrons. The largest absolute Gasteiger partial charge is 0.497 e. The van der Waals surface area contributed by atoms with E-state index in [2.05, 4.69) is 6.08 Å². The number of carbonyl (C=O) groups is 4. The van der Waals surface area contributed by atoms with Crippen molar-refractivity contribution in [2.24, 2.45) is 23.7 Å². The van der Waals surface area contributed by atoms with Gasteiger partial charge in [-0.15, -0.1) is 0 Å². The maximum Gasteiger partial charge on any atom is 0.338 e. The number of hydrogen-bond donors (Lipinski definition) is 0. The predicted molar refractivity (Wildman–Crippen MR) is 119 cm³/mol. The summed E-state index contributed by atoms with van der Waals surface area (Å²) in [6.45, 7) is 1.63. The summed E-state index contributed by atoms with van der Waals surface area (Å²) in [5, 5.41) is 0. The van der Waals surface area contributed by atoms with Crippen LogP contribution in [0.15, 0.2) is 60.2 Å². The first-order valence-electron chi connectivity index (χ1n) is 10.9. The molecular formula is C26H23NO6. The molecule has 7 nitrogen and oxygen atoms in total. The van der Waals surface area contributed by atoms with E-state index >= 15 is 0 Å². The average Bonchev–Trinajstić information content (AvgIpc) is 3.47. The lowest BCUT2D eigenvalue weighted by Crippen LogP contribution is -2.32. The van der Waals surface area contributed by atoms with Crippen LogP contribution < -0.4 is 9.64 Å². The van der Waals surface area contributed by atoms with Crippen molar-refractivity contribution in [2.75, 3.05) is 18.6 Å². The minimum absolute atomic E-state index is 0.138. The molecule has 2 aliphatic carbocycles. The van der Waals surface area contributed by atoms with Crippen LogP contribution in [0.1, 0.15) is 34.1 Å². The summed E-state index contributed by atoms with van der Waals surface area (Å²) in [6, 6.07) is 12.7. The highest BCUT2D eigenvalue weighted by atomic mass is 16.5. The number of nitrogens with zero attached hydrogens (tertiary/aromatic N) is 1. The summed E-state index contributed by atoms with van der Waals surface area (Å²) in [4.78, 5) is 51.9. The molecule has 0 N–H and O–H groups in total. The van der Waals surface area contributed by atoms with Crippen molar-refractivity contribution in [2.45, 2.75) is 13.3 Å². The minimum atomic E-state index is -0.655. The molecule has 7 heteroatoms. The summed E-state index contributed by atoms with van der Waals surface area (Å²) < 4.78 is 10.2. The van der Waals surface area contributed by atoms with E-state index in [-0.39, 0.29) is 46.8 Å². The molecule has 1 saturated carbocycles. The van der Waals surface area contributed by atoms with Gasteiger partial charge in [0.05, 0.1) is 30.2 Å². The van der Waals surface area contributed by atoms with Crippen molar-refractivity contribution < 1.29 is 28.7 Å². The Bertz CT molecular complexity index is 1180. The van der Waals surface area contributed by atoms with E-state index in [1.54, 1.807) is 36.4 Å². The van der Waals surface area contributed by atoms with Crippen molar-refractivity contribution in [1.29, 1.82) is 0 Å². The van der Waals surface area contributed by atoms with Gasteiger partial charge < -0.3 is 9.47 Å². The number of methoxy groups -OCH3 is 1. The van der Waals surface area contributed by atoms with E-state index in [0.29, 0.717) is 17.0 Å². The molecule has 2 amide bonds. The van der Waals surface area contributed by atoms with Gasteiger partial charge in [-0.2, -0.15) is 0 Å². The third-order valence-electron chi connectivity index (χ3n) is 6.99. The molecule has 0 aromatic heterocycles. The molecule has 1 saturated heterocycles. The number of rotatable bonds is 6. The summed E-state index contributed by atoms with van der Waals surface area (Å²) >= 11 is 0. The number of ether oxygens (including phenoxy) is 2. The average molecular weight is 445 g/mol. The first kappa shape index (κ1) is 21.1. The predicted octanol–water partition coefficient (Wildman–Crippen LogP) is 3.44. The molecule has 2 fully saturated rings. The van der Waals surface area contributed by atoms with Gasteiger partial charge in [0, 0.05) is 5.56 Å². The van der Waals surface area contributed by atoms with Crippen LogP contribution in [0.4, 0.5) is 5.69 Å². The molecule has 1 heterocycles. The van der Waals surface area contributed by atoms with Gasteiger partial charge in [-0.1, -0.05) is 11.6 Å². The number of ketones is 1. The Hall–Kier alpha value is -3.74. The lowest BCUT2D eigenvalue weighted by molar-refractivity contribution is -0.123. The van der Waals surface area contributed by atoms with Crippen molar-refractivity contribution in [3.63, 3.8) is 0 Å². The van der Waals surface area contributed by atoms with Gasteiger partial charge in [0.15, 0.2) is 12.4 Å². The number of anilines is 1. The Morgan fingerprint density at radius 2 is 1.58 bits per heavy atom. The number of hydrogen-bond acceptors (Lipinski definition) is 6. The lowest BCUT2D eigenvalue weighted by Gasteiger charge is -2.19. The highest BCUT2D eigenvalue weighted by Gasteiger charge is 2.60. The van der Waals surface area contributed by atoms with Gasteiger partial charge in [-0.3, -0.25) is 19.3 Å². The third-order valence-corrected chi connectivity index (χ3v) is 6.99. The second kappa shape index (κ2) is 7.99. The van der Waals surface area contributed by atoms with Crippen LogP contribution in [0.2, 0.25) is 0 Å². The van der Waals surface area contributed by atoms with Gasteiger partial charge in [0.25, 0.3) is 0 Å². The van der Waals surface area contributed by atoms with Gasteiger partial charge in [-0.05, 0) is 73.7 Å². The van der Waals surface area contributed by atoms with Crippen LogP contribution in [-0.4, -0.2) is 37.3 Å². The number of allylic oxidation sites excluding steroid dienone is 2. The molecule has 3 aliphatic rings. The fourth-order valence-electron chi connectivity index (χ4n) is 5.35. The third kappa shape index (κ3) is 3.44. The number of carbonyl (C=O) groups excluding carboxylic acids is 4. The molecule has 4 atom stereocenters. The maximum absolute atomic E-state index is 13.0. The van der Waals surface area contributed by atoms with Crippen LogP contribution in [0, 0.1) is 23.7 Å². The van der Waals surface area contributed by atoms with E-state index in [9.17, 15) is 19.2 Å². The van der Waals surface area contributed by atoms with Crippen molar-refractivity contribution >= 4 is 29.3 Å². The lowest BCUT2D eigenvalue weighted by atomic mass is 9.82. The zero-order chi connectivity index (χ0) is 23.3. The fourth-order valence-corrected chi connectivity index (χ4v) is 5.35. The standard InChI is InChI=1S/C26H23NO6/c1-14-11-17-12-20(14)23-22(17)24(29)27(25(23)30)18-7-3-16(4-8-18)26(31)33-13-21(28)15-5-9-19(32-2)10-6-15/h3-11,17,20,22-23H,12-13H2,1-2H3. The topological polar surface area (TPSA) is 90.0 Å². The number of amides is 2. The Balaban J connectivity index is 1.23. The second-order valence-corrected chi connectivity index (χ2v) is 8.75. The monoisotopic (exact) mass is 445 g/mol. The molecule has 0 spiro atoms. The number of fused-ring (bicyclic) bond motifs is 5. The highest BCUT2D eigenvalue weighted by molar-refractivity contribution is 6.23. The van der Waals surface area contributed by atoms with E-state index in [1.165, 1.54) is 29.7 Å². The fraction of sp³-hybridized carbons (Fsp3) is 0.308. The molecule has 2 aromatic carbocycles. The van der Waals surface area contributed by atoms with Gasteiger partial charge in [-0.25, -0.2) is 4.79 Å². The zero-order valence-corrected chi connectivity index (χ0v) is 18.3. The van der Waals surface area contributed by atoms with Gasteiger partial charge in [0.2, 0.25) is 11.8 Å². The summed E-state index contributed by atoms with van der Waals surface area (Å²) in [7, 11) is 1.53. The molecule has 2 bridgehead atoms. The van der Waals surface area contributed by atoms with Crippen LogP contribution >= 0.6 is 0 Å². The van der Waals surface area contributed by atoms with E-state index < -0.39 is 12.6 Å². The Labute approximate surface area is 191 Å². The molecule has 5 rings (SSSR count). The Morgan fingerprint density at radius 3 is 2.24 bits per heavy atom. The molecular weight excluding hydrogens is 422 g/mol. The van der Waals surface area contributed by atoms with Crippen LogP contribution in [-0.2, 0) is 14.3 Å². The maximum atomic E-state index is 13.0. The van der Waals surface area contributed by atoms with Gasteiger partial charge in [0.1, 0.15) is 5.75 Å². The number of esters is 1. The smallest absolute Gasteiger partial charge is 0.338 e.